The summed E-state index contributed by atoms with van der Waals surface area (Å²) in [6.45, 7) is 2.28. The smallest absolute Gasteiger partial charge is 0.319 e. The Bertz CT molecular complexity index is 993. The number of carbonyl (C=O) groups excluding carboxylic acids is 2. The number of hydrogen-bond donors (Lipinski definition) is 3. The van der Waals surface area contributed by atoms with E-state index in [4.69, 9.17) is 0 Å². The second-order valence-corrected chi connectivity index (χ2v) is 5.41. The fourth-order valence-corrected chi connectivity index (χ4v) is 2.32. The van der Waals surface area contributed by atoms with E-state index in [9.17, 15) is 19.7 Å². The van der Waals surface area contributed by atoms with Gasteiger partial charge in [0, 0.05) is 18.4 Å². The molecular weight excluding hydrogens is 354 g/mol. The summed E-state index contributed by atoms with van der Waals surface area (Å²) < 4.78 is 1.47. The van der Waals surface area contributed by atoms with Crippen LogP contribution in [0.2, 0.25) is 0 Å². The Labute approximate surface area is 152 Å². The highest BCUT2D eigenvalue weighted by Crippen LogP contribution is 2.20. The number of para-hydroxylation sites is 1. The van der Waals surface area contributed by atoms with E-state index in [0.717, 1.165) is 6.20 Å². The molecule has 0 radical (unpaired) electrons. The predicted molar refractivity (Wildman–Crippen MR) is 95.5 cm³/mol. The van der Waals surface area contributed by atoms with E-state index in [-0.39, 0.29) is 17.1 Å². The molecule has 3 aromatic rings. The standard InChI is InChI=1S/C16H15N7O4/c1-2-22-9-11(19-16(25)14-12(23(26)27)8-17-20-14)13(21-22)15(24)18-10-6-4-3-5-7-10/h3-9H,2H2,1H3,(H,17,20)(H,18,24)(H,19,25). The van der Waals surface area contributed by atoms with Gasteiger partial charge in [0.2, 0.25) is 5.69 Å². The number of amides is 2. The largest absolute Gasteiger partial charge is 0.321 e. The molecule has 3 N–H and O–H groups in total. The number of aryl methyl sites for hydroxylation is 1. The third-order valence-electron chi connectivity index (χ3n) is 3.62. The number of hydrogen-bond acceptors (Lipinski definition) is 6. The lowest BCUT2D eigenvalue weighted by Crippen LogP contribution is -2.18. The van der Waals surface area contributed by atoms with Crippen molar-refractivity contribution in [2.45, 2.75) is 13.5 Å². The van der Waals surface area contributed by atoms with E-state index in [2.05, 4.69) is 25.9 Å². The molecule has 0 spiro atoms. The summed E-state index contributed by atoms with van der Waals surface area (Å²) in [6, 6.07) is 8.76. The predicted octanol–water partition coefficient (Wildman–Crippen LogP) is 2.04. The fraction of sp³-hybridized carbons (Fsp3) is 0.125. The molecule has 0 unspecified atom stereocenters. The molecule has 1 aromatic carbocycles. The van der Waals surface area contributed by atoms with E-state index in [1.54, 1.807) is 24.3 Å². The van der Waals surface area contributed by atoms with Crippen LogP contribution in [0.25, 0.3) is 0 Å². The summed E-state index contributed by atoms with van der Waals surface area (Å²) in [4.78, 5) is 35.1. The molecule has 11 nitrogen and oxygen atoms in total. The van der Waals surface area contributed by atoms with Gasteiger partial charge in [0.15, 0.2) is 5.69 Å². The summed E-state index contributed by atoms with van der Waals surface area (Å²) >= 11 is 0. The fourth-order valence-electron chi connectivity index (χ4n) is 2.32. The second-order valence-electron chi connectivity index (χ2n) is 5.41. The zero-order chi connectivity index (χ0) is 19.4. The van der Waals surface area contributed by atoms with Crippen LogP contribution in [-0.2, 0) is 6.54 Å². The average Bonchev–Trinajstić information content (AvgIpc) is 3.29. The molecule has 138 valence electrons. The molecule has 0 fully saturated rings. The van der Waals surface area contributed by atoms with Crippen molar-refractivity contribution in [2.24, 2.45) is 0 Å². The number of anilines is 2. The number of rotatable bonds is 6. The van der Waals surface area contributed by atoms with Crippen molar-refractivity contribution in [2.75, 3.05) is 10.6 Å². The third-order valence-corrected chi connectivity index (χ3v) is 3.62. The highest BCUT2D eigenvalue weighted by molar-refractivity contribution is 6.11. The molecule has 2 aromatic heterocycles. The number of nitrogens with zero attached hydrogens (tertiary/aromatic N) is 4. The third kappa shape index (κ3) is 3.81. The summed E-state index contributed by atoms with van der Waals surface area (Å²) in [5.74, 6) is -1.33. The molecule has 27 heavy (non-hydrogen) atoms. The monoisotopic (exact) mass is 369 g/mol. The SMILES string of the molecule is CCn1cc(NC(=O)c2[nH]ncc2[N+](=O)[O-])c(C(=O)Nc2ccccc2)n1. The van der Waals surface area contributed by atoms with Crippen LogP contribution in [0.5, 0.6) is 0 Å². The molecule has 0 atom stereocenters. The second kappa shape index (κ2) is 7.47. The quantitative estimate of drug-likeness (QED) is 0.447. The molecule has 0 aliphatic rings. The lowest BCUT2D eigenvalue weighted by molar-refractivity contribution is -0.385. The molecular formula is C16H15N7O4. The van der Waals surface area contributed by atoms with E-state index >= 15 is 0 Å². The van der Waals surface area contributed by atoms with Crippen molar-refractivity contribution in [3.8, 4) is 0 Å². The number of H-pyrrole nitrogens is 1. The van der Waals surface area contributed by atoms with Gasteiger partial charge in [-0.2, -0.15) is 10.2 Å². The summed E-state index contributed by atoms with van der Waals surface area (Å²) in [5.41, 5.74) is -0.116. The van der Waals surface area contributed by atoms with Crippen molar-refractivity contribution < 1.29 is 14.5 Å². The highest BCUT2D eigenvalue weighted by atomic mass is 16.6. The van der Waals surface area contributed by atoms with Gasteiger partial charge in [0.25, 0.3) is 11.8 Å². The molecule has 0 saturated carbocycles. The van der Waals surface area contributed by atoms with Gasteiger partial charge in [-0.1, -0.05) is 18.2 Å². The minimum Gasteiger partial charge on any atom is -0.321 e. The van der Waals surface area contributed by atoms with Crippen LogP contribution < -0.4 is 10.6 Å². The zero-order valence-corrected chi connectivity index (χ0v) is 14.2. The molecule has 0 aliphatic carbocycles. The summed E-state index contributed by atoms with van der Waals surface area (Å²) in [5, 5.41) is 26.0. The lowest BCUT2D eigenvalue weighted by atomic mass is 10.2. The number of aromatic amines is 1. The number of nitro groups is 1. The van der Waals surface area contributed by atoms with Crippen LogP contribution in [0.3, 0.4) is 0 Å². The Kier molecular flexibility index (Phi) is 4.92. The molecule has 0 bridgehead atoms. The maximum Gasteiger partial charge on any atom is 0.319 e. The van der Waals surface area contributed by atoms with Gasteiger partial charge in [-0.25, -0.2) is 0 Å². The van der Waals surface area contributed by atoms with Crippen LogP contribution in [0.4, 0.5) is 17.1 Å². The van der Waals surface area contributed by atoms with Crippen LogP contribution in [0, 0.1) is 10.1 Å². The average molecular weight is 369 g/mol. The normalized spacial score (nSPS) is 10.4. The topological polar surface area (TPSA) is 148 Å². The van der Waals surface area contributed by atoms with Crippen molar-refractivity contribution >= 4 is 28.9 Å². The lowest BCUT2D eigenvalue weighted by Gasteiger charge is -2.05. The first-order chi connectivity index (χ1) is 13.0. The number of nitrogens with one attached hydrogen (secondary N) is 3. The van der Waals surface area contributed by atoms with Crippen LogP contribution in [0.1, 0.15) is 27.9 Å². The van der Waals surface area contributed by atoms with Crippen molar-refractivity contribution in [3.05, 3.63) is 64.2 Å². The van der Waals surface area contributed by atoms with Crippen LogP contribution >= 0.6 is 0 Å². The van der Waals surface area contributed by atoms with Gasteiger partial charge in [0.05, 0.1) is 10.6 Å². The van der Waals surface area contributed by atoms with E-state index in [1.807, 2.05) is 13.0 Å². The van der Waals surface area contributed by atoms with Crippen molar-refractivity contribution in [3.63, 3.8) is 0 Å². The number of benzene rings is 1. The van der Waals surface area contributed by atoms with Gasteiger partial charge in [-0.15, -0.1) is 0 Å². The van der Waals surface area contributed by atoms with Crippen LogP contribution in [-0.4, -0.2) is 36.7 Å². The Balaban J connectivity index is 1.86. The number of carbonyl (C=O) groups is 2. The maximum atomic E-state index is 12.5. The first kappa shape index (κ1) is 17.8. The molecule has 2 heterocycles. The first-order valence-corrected chi connectivity index (χ1v) is 7.92. The van der Waals surface area contributed by atoms with Gasteiger partial charge in [0.1, 0.15) is 6.20 Å². The van der Waals surface area contributed by atoms with Gasteiger partial charge in [-0.05, 0) is 19.1 Å². The van der Waals surface area contributed by atoms with Crippen LogP contribution in [0.15, 0.2) is 42.7 Å². The maximum absolute atomic E-state index is 12.5. The van der Waals surface area contributed by atoms with E-state index in [0.29, 0.717) is 12.2 Å². The Morgan fingerprint density at radius 2 is 1.96 bits per heavy atom. The molecule has 11 heteroatoms. The Morgan fingerprint density at radius 3 is 2.63 bits per heavy atom. The Hall–Kier alpha value is -4.02. The molecule has 0 saturated heterocycles. The first-order valence-electron chi connectivity index (χ1n) is 7.92. The van der Waals surface area contributed by atoms with Crippen molar-refractivity contribution in [1.29, 1.82) is 0 Å². The zero-order valence-electron chi connectivity index (χ0n) is 14.2. The summed E-state index contributed by atoms with van der Waals surface area (Å²) in [6.07, 6.45) is 2.41. The summed E-state index contributed by atoms with van der Waals surface area (Å²) in [7, 11) is 0. The molecule has 2 amide bonds. The van der Waals surface area contributed by atoms with E-state index in [1.165, 1.54) is 10.9 Å². The minimum absolute atomic E-state index is 0.0174. The Morgan fingerprint density at radius 1 is 1.22 bits per heavy atom. The molecule has 0 aliphatic heterocycles. The number of aromatic nitrogens is 4. The van der Waals surface area contributed by atoms with Gasteiger partial charge >= 0.3 is 5.69 Å². The van der Waals surface area contributed by atoms with Crippen molar-refractivity contribution in [1.82, 2.24) is 20.0 Å². The van der Waals surface area contributed by atoms with Gasteiger partial charge in [-0.3, -0.25) is 29.5 Å². The molecule has 3 rings (SSSR count). The van der Waals surface area contributed by atoms with Gasteiger partial charge < -0.3 is 10.6 Å². The minimum atomic E-state index is -0.802. The van der Waals surface area contributed by atoms with E-state index < -0.39 is 22.4 Å². The highest BCUT2D eigenvalue weighted by Gasteiger charge is 2.25.